The number of allylic oxidation sites excluding steroid dienone is 2. The van der Waals surface area contributed by atoms with Crippen LogP contribution in [0.4, 0.5) is 0 Å². The fraction of sp³-hybridized carbons (Fsp3) is 0.292. The Bertz CT molecular complexity index is 977. The van der Waals surface area contributed by atoms with Crippen molar-refractivity contribution in [2.75, 3.05) is 0 Å². The van der Waals surface area contributed by atoms with Crippen molar-refractivity contribution in [3.05, 3.63) is 82.6 Å². The maximum atomic E-state index is 13.2. The van der Waals surface area contributed by atoms with Crippen molar-refractivity contribution in [1.82, 2.24) is 0 Å². The van der Waals surface area contributed by atoms with Gasteiger partial charge in [-0.25, -0.2) is 0 Å². The van der Waals surface area contributed by atoms with Gasteiger partial charge in [0.2, 0.25) is 0 Å². The van der Waals surface area contributed by atoms with E-state index in [9.17, 15) is 10.1 Å². The number of fused-ring (bicyclic) bond motifs is 1. The van der Waals surface area contributed by atoms with Gasteiger partial charge in [-0.2, -0.15) is 5.26 Å². The number of nitrogens with zero attached hydrogens (tertiary/aromatic N) is 2. The van der Waals surface area contributed by atoms with Gasteiger partial charge in [-0.05, 0) is 37.3 Å². The molecule has 3 nitrogen and oxygen atoms in total. The normalized spacial score (nSPS) is 24.9. The first kappa shape index (κ1) is 17.4. The lowest BCUT2D eigenvalue weighted by Gasteiger charge is -2.37. The molecule has 134 valence electrons. The minimum absolute atomic E-state index is 0.170. The fourth-order valence-corrected chi connectivity index (χ4v) is 4.41. The van der Waals surface area contributed by atoms with Gasteiger partial charge < -0.3 is 0 Å². The first-order valence-corrected chi connectivity index (χ1v) is 9.41. The highest BCUT2D eigenvalue weighted by molar-refractivity contribution is 6.10. The molecular formula is C24H22N2O. The number of carbonyl (C=O) groups is 1. The molecule has 1 aliphatic heterocycles. The van der Waals surface area contributed by atoms with E-state index in [2.05, 4.69) is 18.2 Å². The highest BCUT2D eigenvalue weighted by Gasteiger charge is 2.44. The number of hydrogen-bond acceptors (Lipinski definition) is 3. The summed E-state index contributed by atoms with van der Waals surface area (Å²) >= 11 is 0. The van der Waals surface area contributed by atoms with Crippen LogP contribution >= 0.6 is 0 Å². The number of Topliss-reactive ketones (excluding diaryl/α,β-unsaturated/α-hetero) is 1. The quantitative estimate of drug-likeness (QED) is 0.754. The summed E-state index contributed by atoms with van der Waals surface area (Å²) in [5.74, 6) is -0.165. The first-order valence-electron chi connectivity index (χ1n) is 9.41. The molecule has 1 fully saturated rings. The molecule has 0 unspecified atom stereocenters. The van der Waals surface area contributed by atoms with Gasteiger partial charge in [0.1, 0.15) is 5.78 Å². The number of benzene rings is 2. The zero-order valence-electron chi connectivity index (χ0n) is 15.6. The van der Waals surface area contributed by atoms with E-state index in [0.717, 1.165) is 23.4 Å². The van der Waals surface area contributed by atoms with Gasteiger partial charge in [0, 0.05) is 18.1 Å². The highest BCUT2D eigenvalue weighted by Crippen LogP contribution is 2.45. The summed E-state index contributed by atoms with van der Waals surface area (Å²) in [6.45, 7) is 3.93. The van der Waals surface area contributed by atoms with E-state index in [-0.39, 0.29) is 23.5 Å². The van der Waals surface area contributed by atoms with Crippen LogP contribution < -0.4 is 0 Å². The highest BCUT2D eigenvalue weighted by atomic mass is 16.1. The first-order chi connectivity index (χ1) is 13.1. The molecule has 0 radical (unpaired) electrons. The molecule has 4 rings (SSSR count). The van der Waals surface area contributed by atoms with Crippen molar-refractivity contribution < 1.29 is 4.79 Å². The fourth-order valence-electron chi connectivity index (χ4n) is 4.41. The van der Waals surface area contributed by atoms with E-state index in [4.69, 9.17) is 4.99 Å². The van der Waals surface area contributed by atoms with Crippen LogP contribution in [0.5, 0.6) is 0 Å². The molecular weight excluding hydrogens is 332 g/mol. The molecule has 3 heteroatoms. The predicted molar refractivity (Wildman–Crippen MR) is 107 cm³/mol. The van der Waals surface area contributed by atoms with Crippen molar-refractivity contribution >= 4 is 11.5 Å². The molecule has 0 saturated heterocycles. The number of aryl methyl sites for hydroxylation is 1. The molecule has 1 aliphatic carbocycles. The lowest BCUT2D eigenvalue weighted by atomic mass is 9.66. The van der Waals surface area contributed by atoms with Crippen LogP contribution in [0.15, 0.2) is 70.9 Å². The second kappa shape index (κ2) is 6.96. The van der Waals surface area contributed by atoms with Gasteiger partial charge in [0.15, 0.2) is 0 Å². The molecule has 1 heterocycles. The summed E-state index contributed by atoms with van der Waals surface area (Å²) in [5, 5.41) is 9.77. The van der Waals surface area contributed by atoms with Crippen molar-refractivity contribution in [3.63, 3.8) is 0 Å². The summed E-state index contributed by atoms with van der Waals surface area (Å²) in [5.41, 5.74) is 5.69. The Morgan fingerprint density at radius 1 is 0.926 bits per heavy atom. The lowest BCUT2D eigenvalue weighted by Crippen LogP contribution is -2.39. The SMILES string of the molecule is CC1=C(C#N)[C@@H](c2ccc(C)cc2)[C@H]2C(=O)C[C@@H](c3ccccc3)CC2=N1. The molecule has 0 spiro atoms. The third-order valence-corrected chi connectivity index (χ3v) is 5.78. The van der Waals surface area contributed by atoms with Gasteiger partial charge in [-0.3, -0.25) is 9.79 Å². The number of carbonyl (C=O) groups excluding carboxylic acids is 1. The van der Waals surface area contributed by atoms with E-state index in [1.807, 2.05) is 56.3 Å². The Balaban J connectivity index is 1.76. The minimum Gasteiger partial charge on any atom is -0.299 e. The smallest absolute Gasteiger partial charge is 0.143 e. The van der Waals surface area contributed by atoms with Crippen LogP contribution in [0.2, 0.25) is 0 Å². The Morgan fingerprint density at radius 3 is 2.30 bits per heavy atom. The van der Waals surface area contributed by atoms with Crippen LogP contribution in [-0.4, -0.2) is 11.5 Å². The van der Waals surface area contributed by atoms with E-state index >= 15 is 0 Å². The van der Waals surface area contributed by atoms with Crippen molar-refractivity contribution in [3.8, 4) is 6.07 Å². The summed E-state index contributed by atoms with van der Waals surface area (Å²) in [4.78, 5) is 17.9. The average molecular weight is 354 g/mol. The van der Waals surface area contributed by atoms with Crippen molar-refractivity contribution in [2.24, 2.45) is 10.9 Å². The molecule has 0 N–H and O–H groups in total. The zero-order chi connectivity index (χ0) is 19.0. The van der Waals surface area contributed by atoms with Crippen LogP contribution in [0.25, 0.3) is 0 Å². The van der Waals surface area contributed by atoms with Crippen LogP contribution in [-0.2, 0) is 4.79 Å². The molecule has 27 heavy (non-hydrogen) atoms. The maximum Gasteiger partial charge on any atom is 0.143 e. The standard InChI is InChI=1S/C24H22N2O/c1-15-8-10-18(11-9-15)23-20(14-25)16(2)26-21-12-19(13-22(27)24(21)23)17-6-4-3-5-7-17/h3-11,19,23-24H,12-13H2,1-2H3/t19-,23+,24+/m0/s1. The van der Waals surface area contributed by atoms with Gasteiger partial charge in [-0.1, -0.05) is 60.2 Å². The maximum absolute atomic E-state index is 13.2. The molecule has 3 atom stereocenters. The number of nitriles is 1. The largest absolute Gasteiger partial charge is 0.299 e. The van der Waals surface area contributed by atoms with Crippen LogP contribution in [0, 0.1) is 24.2 Å². The van der Waals surface area contributed by atoms with Crippen LogP contribution in [0.1, 0.15) is 48.3 Å². The molecule has 0 bridgehead atoms. The Kier molecular flexibility index (Phi) is 4.49. The monoisotopic (exact) mass is 354 g/mol. The molecule has 2 aromatic rings. The van der Waals surface area contributed by atoms with E-state index in [1.165, 1.54) is 11.1 Å². The molecule has 0 aromatic heterocycles. The zero-order valence-corrected chi connectivity index (χ0v) is 15.6. The topological polar surface area (TPSA) is 53.2 Å². The Morgan fingerprint density at radius 2 is 1.63 bits per heavy atom. The van der Waals surface area contributed by atoms with E-state index in [1.54, 1.807) is 0 Å². The molecule has 2 aromatic carbocycles. The third kappa shape index (κ3) is 3.13. The van der Waals surface area contributed by atoms with Crippen molar-refractivity contribution in [1.29, 1.82) is 5.26 Å². The number of hydrogen-bond donors (Lipinski definition) is 0. The number of ketones is 1. The summed E-state index contributed by atoms with van der Waals surface area (Å²) in [6.07, 6.45) is 1.28. The second-order valence-corrected chi connectivity index (χ2v) is 7.56. The van der Waals surface area contributed by atoms with Gasteiger partial charge >= 0.3 is 0 Å². The number of rotatable bonds is 2. The Labute approximate surface area is 160 Å². The van der Waals surface area contributed by atoms with Gasteiger partial charge in [0.25, 0.3) is 0 Å². The Hall–Kier alpha value is -2.99. The van der Waals surface area contributed by atoms with Gasteiger partial charge in [0.05, 0.1) is 23.3 Å². The molecule has 1 saturated carbocycles. The average Bonchev–Trinajstić information content (AvgIpc) is 2.68. The van der Waals surface area contributed by atoms with E-state index < -0.39 is 0 Å². The third-order valence-electron chi connectivity index (χ3n) is 5.78. The van der Waals surface area contributed by atoms with Gasteiger partial charge in [-0.15, -0.1) is 0 Å². The van der Waals surface area contributed by atoms with Crippen molar-refractivity contribution in [2.45, 2.75) is 38.5 Å². The summed E-state index contributed by atoms with van der Waals surface area (Å²) in [6, 6.07) is 20.7. The molecule has 2 aliphatic rings. The van der Waals surface area contributed by atoms with E-state index in [0.29, 0.717) is 12.0 Å². The van der Waals surface area contributed by atoms with Crippen LogP contribution in [0.3, 0.4) is 0 Å². The second-order valence-electron chi connectivity index (χ2n) is 7.56. The lowest BCUT2D eigenvalue weighted by molar-refractivity contribution is -0.122. The summed E-state index contributed by atoms with van der Waals surface area (Å²) < 4.78 is 0. The number of aliphatic imine (C=N–C) groups is 1. The minimum atomic E-state index is -0.314. The predicted octanol–water partition coefficient (Wildman–Crippen LogP) is 5.09. The molecule has 0 amide bonds. The summed E-state index contributed by atoms with van der Waals surface area (Å²) in [7, 11) is 0.